The highest BCUT2D eigenvalue weighted by Crippen LogP contribution is 1.91. The van der Waals surface area contributed by atoms with Gasteiger partial charge in [0.1, 0.15) is 6.10 Å². The SMILES string of the molecule is CC([O])C([O])F. The Kier molecular flexibility index (Phi) is 2.05. The molecule has 2 atom stereocenters. The molecule has 0 aromatic heterocycles. The monoisotopic (exact) mass is 92.0 g/mol. The summed E-state index contributed by atoms with van der Waals surface area (Å²) in [6.45, 7) is 0.998. The van der Waals surface area contributed by atoms with Crippen LogP contribution >= 0.6 is 0 Å². The summed E-state index contributed by atoms with van der Waals surface area (Å²) < 4.78 is 11.0. The second-order valence-corrected chi connectivity index (χ2v) is 1.06. The van der Waals surface area contributed by atoms with E-state index in [2.05, 4.69) is 0 Å². The van der Waals surface area contributed by atoms with Gasteiger partial charge < -0.3 is 0 Å². The third kappa shape index (κ3) is 2.11. The smallest absolute Gasteiger partial charge is 0.227 e. The lowest BCUT2D eigenvalue weighted by Crippen LogP contribution is -2.12. The summed E-state index contributed by atoms with van der Waals surface area (Å²) in [5, 5.41) is 18.8. The first-order valence-electron chi connectivity index (χ1n) is 1.60. The van der Waals surface area contributed by atoms with Crippen molar-refractivity contribution >= 4 is 0 Å². The number of hydrogen-bond donors (Lipinski definition) is 0. The Balaban J connectivity index is 2.99. The average molecular weight is 92.1 g/mol. The third-order valence-corrected chi connectivity index (χ3v) is 0.369. The minimum Gasteiger partial charge on any atom is -0.227 e. The van der Waals surface area contributed by atoms with Crippen LogP contribution in [0.4, 0.5) is 4.39 Å². The van der Waals surface area contributed by atoms with Gasteiger partial charge in [0.15, 0.2) is 0 Å². The highest BCUT2D eigenvalue weighted by molar-refractivity contribution is 4.42. The van der Waals surface area contributed by atoms with Crippen molar-refractivity contribution in [3.05, 3.63) is 0 Å². The van der Waals surface area contributed by atoms with E-state index in [-0.39, 0.29) is 0 Å². The standard InChI is InChI=1S/C3H5FO2/c1-2(5)3(4)6/h2-3H,1H3. The number of hydrogen-bond acceptors (Lipinski definition) is 0. The van der Waals surface area contributed by atoms with Gasteiger partial charge in [0.2, 0.25) is 0 Å². The highest BCUT2D eigenvalue weighted by Gasteiger charge is 2.09. The summed E-state index contributed by atoms with van der Waals surface area (Å²) in [5.74, 6) is 0. The Morgan fingerprint density at radius 1 is 1.50 bits per heavy atom. The molecule has 0 amide bonds. The van der Waals surface area contributed by atoms with Crippen molar-refractivity contribution in [3.63, 3.8) is 0 Å². The van der Waals surface area contributed by atoms with E-state index in [1.54, 1.807) is 0 Å². The summed E-state index contributed by atoms with van der Waals surface area (Å²) in [6.07, 6.45) is -4.07. The van der Waals surface area contributed by atoms with Gasteiger partial charge in [-0.25, -0.2) is 9.50 Å². The van der Waals surface area contributed by atoms with Crippen molar-refractivity contribution < 1.29 is 14.6 Å². The fourth-order valence-corrected chi connectivity index (χ4v) is 0. The van der Waals surface area contributed by atoms with Gasteiger partial charge in [-0.15, -0.1) is 0 Å². The minimum atomic E-state index is -2.45. The number of rotatable bonds is 1. The summed E-state index contributed by atoms with van der Waals surface area (Å²) in [5.41, 5.74) is 0. The fraction of sp³-hybridized carbons (Fsp3) is 1.00. The van der Waals surface area contributed by atoms with Gasteiger partial charge in [0.25, 0.3) is 6.36 Å². The van der Waals surface area contributed by atoms with Gasteiger partial charge in [0, 0.05) is 0 Å². The molecule has 0 rings (SSSR count). The van der Waals surface area contributed by atoms with Crippen LogP contribution < -0.4 is 0 Å². The first-order chi connectivity index (χ1) is 2.64. The van der Waals surface area contributed by atoms with Crippen LogP contribution in [0.1, 0.15) is 6.92 Å². The maximum Gasteiger partial charge on any atom is 0.260 e. The third-order valence-electron chi connectivity index (χ3n) is 0.369. The average Bonchev–Trinajstić information content (AvgIpc) is 1.36. The van der Waals surface area contributed by atoms with E-state index in [0.29, 0.717) is 0 Å². The molecule has 0 saturated heterocycles. The second kappa shape index (κ2) is 2.10. The van der Waals surface area contributed by atoms with E-state index in [1.165, 1.54) is 0 Å². The lowest BCUT2D eigenvalue weighted by Gasteiger charge is -1.93. The largest absolute Gasteiger partial charge is 0.260 e. The molecule has 2 nitrogen and oxygen atoms in total. The van der Waals surface area contributed by atoms with Gasteiger partial charge in [-0.2, -0.15) is 5.11 Å². The Labute approximate surface area is 35.2 Å². The van der Waals surface area contributed by atoms with Crippen LogP contribution in [-0.2, 0) is 10.2 Å². The van der Waals surface area contributed by atoms with E-state index in [4.69, 9.17) is 0 Å². The van der Waals surface area contributed by atoms with Crippen LogP contribution in [0, 0.1) is 0 Å². The zero-order chi connectivity index (χ0) is 5.15. The molecule has 0 aromatic rings. The quantitative estimate of drug-likeness (QED) is 0.452. The first-order valence-corrected chi connectivity index (χ1v) is 1.60. The molecule has 2 radical (unpaired) electrons. The van der Waals surface area contributed by atoms with E-state index < -0.39 is 12.5 Å². The maximum atomic E-state index is 11.0. The summed E-state index contributed by atoms with van der Waals surface area (Å²) in [6, 6.07) is 0. The molecule has 0 N–H and O–H groups in total. The molecule has 6 heavy (non-hydrogen) atoms. The van der Waals surface area contributed by atoms with E-state index in [1.807, 2.05) is 0 Å². The Morgan fingerprint density at radius 2 is 1.67 bits per heavy atom. The van der Waals surface area contributed by atoms with Crippen LogP contribution in [0.3, 0.4) is 0 Å². The van der Waals surface area contributed by atoms with E-state index in [0.717, 1.165) is 6.92 Å². The second-order valence-electron chi connectivity index (χ2n) is 1.06. The van der Waals surface area contributed by atoms with Crippen molar-refractivity contribution in [2.24, 2.45) is 0 Å². The Hall–Kier alpha value is -0.150. The fourth-order valence-electron chi connectivity index (χ4n) is 0. The van der Waals surface area contributed by atoms with Gasteiger partial charge in [-0.3, -0.25) is 0 Å². The zero-order valence-electron chi connectivity index (χ0n) is 3.35. The zero-order valence-corrected chi connectivity index (χ0v) is 3.35. The van der Waals surface area contributed by atoms with Crippen LogP contribution in [-0.4, -0.2) is 12.5 Å². The van der Waals surface area contributed by atoms with Gasteiger partial charge in [-0.1, -0.05) is 0 Å². The minimum absolute atomic E-state index is 0.998. The molecule has 0 fully saturated rings. The lowest BCUT2D eigenvalue weighted by molar-refractivity contribution is -0.123. The molecule has 0 saturated carbocycles. The first kappa shape index (κ1) is 5.85. The molecule has 0 bridgehead atoms. The maximum absolute atomic E-state index is 11.0. The predicted octanol–water partition coefficient (Wildman–Crippen LogP) is 0.531. The molecule has 0 spiro atoms. The van der Waals surface area contributed by atoms with Gasteiger partial charge in [0.05, 0.1) is 0 Å². The normalized spacial score (nSPS) is 20.0. The highest BCUT2D eigenvalue weighted by atomic mass is 19.1. The molecule has 2 unspecified atom stereocenters. The van der Waals surface area contributed by atoms with Crippen molar-refractivity contribution in [2.75, 3.05) is 0 Å². The van der Waals surface area contributed by atoms with Crippen molar-refractivity contribution in [1.82, 2.24) is 0 Å². The predicted molar refractivity (Wildman–Crippen MR) is 15.7 cm³/mol. The van der Waals surface area contributed by atoms with Crippen molar-refractivity contribution in [3.8, 4) is 0 Å². The van der Waals surface area contributed by atoms with E-state index >= 15 is 0 Å². The summed E-state index contributed by atoms with van der Waals surface area (Å²) in [7, 11) is 0. The molecule has 0 heterocycles. The Morgan fingerprint density at radius 3 is 1.67 bits per heavy atom. The lowest BCUT2D eigenvalue weighted by atomic mass is 10.4. The van der Waals surface area contributed by atoms with Crippen molar-refractivity contribution in [2.45, 2.75) is 19.4 Å². The van der Waals surface area contributed by atoms with Gasteiger partial charge >= 0.3 is 0 Å². The number of alkyl halides is 1. The molecule has 0 aliphatic carbocycles. The summed E-state index contributed by atoms with van der Waals surface area (Å²) >= 11 is 0. The molecule has 0 aliphatic heterocycles. The van der Waals surface area contributed by atoms with Gasteiger partial charge in [-0.05, 0) is 6.92 Å². The molecular formula is C3H5FO2. The summed E-state index contributed by atoms with van der Waals surface area (Å²) in [4.78, 5) is 0. The van der Waals surface area contributed by atoms with Crippen molar-refractivity contribution in [1.29, 1.82) is 0 Å². The topological polar surface area (TPSA) is 39.8 Å². The molecule has 0 aliphatic rings. The molecular weight excluding hydrogens is 87.0 g/mol. The van der Waals surface area contributed by atoms with E-state index in [9.17, 15) is 14.6 Å². The molecule has 36 valence electrons. The Bertz CT molecular complexity index is 29.8. The van der Waals surface area contributed by atoms with Crippen LogP contribution in [0.5, 0.6) is 0 Å². The van der Waals surface area contributed by atoms with Crippen LogP contribution in [0.25, 0.3) is 0 Å². The molecule has 3 heteroatoms. The van der Waals surface area contributed by atoms with Crippen LogP contribution in [0.15, 0.2) is 0 Å². The number of halogens is 1. The van der Waals surface area contributed by atoms with Crippen LogP contribution in [0.2, 0.25) is 0 Å². The molecule has 0 aromatic carbocycles.